The molecule has 1 aromatic carbocycles. The van der Waals surface area contributed by atoms with Gasteiger partial charge in [-0.15, -0.1) is 0 Å². The van der Waals surface area contributed by atoms with Crippen molar-refractivity contribution in [2.45, 2.75) is 59.0 Å². The number of carbonyl (C=O) groups is 1. The van der Waals surface area contributed by atoms with Crippen LogP contribution in [0.15, 0.2) is 30.3 Å². The lowest BCUT2D eigenvalue weighted by atomic mass is 10.1. The molecule has 1 aromatic rings. The van der Waals surface area contributed by atoms with Gasteiger partial charge in [-0.2, -0.15) is 0 Å². The fourth-order valence-corrected chi connectivity index (χ4v) is 2.54. The molecular weight excluding hydrogens is 272 g/mol. The minimum atomic E-state index is 0.110. The monoisotopic (exact) mass is 304 g/mol. The molecule has 0 saturated carbocycles. The predicted octanol–water partition coefficient (Wildman–Crippen LogP) is 4.11. The first-order valence-corrected chi connectivity index (χ1v) is 8.52. The maximum atomic E-state index is 12.6. The summed E-state index contributed by atoms with van der Waals surface area (Å²) in [5, 5.41) is 0. The molecule has 0 aliphatic carbocycles. The van der Waals surface area contributed by atoms with Crippen LogP contribution in [0.1, 0.15) is 58.6 Å². The van der Waals surface area contributed by atoms with Gasteiger partial charge >= 0.3 is 0 Å². The molecule has 0 heterocycles. The van der Waals surface area contributed by atoms with Gasteiger partial charge in [-0.05, 0) is 39.3 Å². The summed E-state index contributed by atoms with van der Waals surface area (Å²) in [5.41, 5.74) is 1.18. The molecule has 1 amide bonds. The first-order valence-electron chi connectivity index (χ1n) is 8.52. The Morgan fingerprint density at radius 2 is 1.73 bits per heavy atom. The summed E-state index contributed by atoms with van der Waals surface area (Å²) < 4.78 is 0. The van der Waals surface area contributed by atoms with E-state index in [1.807, 2.05) is 30.1 Å². The first-order chi connectivity index (χ1) is 10.5. The van der Waals surface area contributed by atoms with E-state index in [9.17, 15) is 4.79 Å². The Kier molecular flexibility index (Phi) is 8.18. The van der Waals surface area contributed by atoms with Gasteiger partial charge < -0.3 is 4.90 Å². The first kappa shape index (κ1) is 18.7. The van der Waals surface area contributed by atoms with Gasteiger partial charge in [0.15, 0.2) is 0 Å². The van der Waals surface area contributed by atoms with Gasteiger partial charge in [0.1, 0.15) is 0 Å². The Hall–Kier alpha value is -1.35. The quantitative estimate of drug-likeness (QED) is 0.641. The molecule has 124 valence electrons. The summed E-state index contributed by atoms with van der Waals surface area (Å²) in [6.45, 7) is 10.1. The van der Waals surface area contributed by atoms with Crippen LogP contribution in [-0.4, -0.2) is 41.9 Å². The fraction of sp³-hybridized carbons (Fsp3) is 0.632. The average Bonchev–Trinajstić information content (AvgIpc) is 2.53. The molecule has 1 unspecified atom stereocenters. The zero-order chi connectivity index (χ0) is 16.5. The number of nitrogens with zero attached hydrogens (tertiary/aromatic N) is 2. The zero-order valence-corrected chi connectivity index (χ0v) is 14.9. The number of benzene rings is 1. The van der Waals surface area contributed by atoms with Crippen molar-refractivity contribution < 1.29 is 4.79 Å². The van der Waals surface area contributed by atoms with Gasteiger partial charge in [0.2, 0.25) is 5.91 Å². The molecule has 0 N–H and O–H groups in total. The maximum absolute atomic E-state index is 12.6. The molecule has 0 spiro atoms. The van der Waals surface area contributed by atoms with Crippen LogP contribution in [0, 0.1) is 0 Å². The summed E-state index contributed by atoms with van der Waals surface area (Å²) in [6, 6.07) is 10.7. The van der Waals surface area contributed by atoms with Crippen molar-refractivity contribution in [3.63, 3.8) is 0 Å². The highest BCUT2D eigenvalue weighted by molar-refractivity contribution is 5.78. The second kappa shape index (κ2) is 9.62. The van der Waals surface area contributed by atoms with E-state index in [0.717, 1.165) is 6.54 Å². The van der Waals surface area contributed by atoms with Crippen molar-refractivity contribution in [3.8, 4) is 0 Å². The standard InChI is InChI=1S/C19H32N2O/c1-6-7-11-14-21(16(2)3)15-19(22)20(5)17(4)18-12-9-8-10-13-18/h8-10,12-13,16-17H,6-7,11,14-15H2,1-5H3. The van der Waals surface area contributed by atoms with Gasteiger partial charge in [0.25, 0.3) is 0 Å². The predicted molar refractivity (Wildman–Crippen MR) is 93.9 cm³/mol. The van der Waals surface area contributed by atoms with Crippen molar-refractivity contribution in [2.75, 3.05) is 20.1 Å². The average molecular weight is 304 g/mol. The molecule has 3 nitrogen and oxygen atoms in total. The molecule has 0 saturated heterocycles. The summed E-state index contributed by atoms with van der Waals surface area (Å²) in [5.74, 6) is 0.196. The third-order valence-electron chi connectivity index (χ3n) is 4.37. The van der Waals surface area contributed by atoms with Crippen molar-refractivity contribution >= 4 is 5.91 Å². The van der Waals surface area contributed by atoms with E-state index in [-0.39, 0.29) is 11.9 Å². The van der Waals surface area contributed by atoms with Crippen molar-refractivity contribution in [3.05, 3.63) is 35.9 Å². The minimum absolute atomic E-state index is 0.110. The number of amides is 1. The summed E-state index contributed by atoms with van der Waals surface area (Å²) in [4.78, 5) is 16.7. The lowest BCUT2D eigenvalue weighted by molar-refractivity contribution is -0.133. The van der Waals surface area contributed by atoms with E-state index >= 15 is 0 Å². The molecule has 0 fully saturated rings. The number of likely N-dealkylation sites (N-methyl/N-ethyl adjacent to an activating group) is 1. The lowest BCUT2D eigenvalue weighted by Gasteiger charge is -2.31. The number of unbranched alkanes of at least 4 members (excludes halogenated alkanes) is 2. The van der Waals surface area contributed by atoms with Crippen LogP contribution in [0.5, 0.6) is 0 Å². The van der Waals surface area contributed by atoms with Crippen LogP contribution in [0.4, 0.5) is 0 Å². The number of carbonyl (C=O) groups excluding carboxylic acids is 1. The molecule has 22 heavy (non-hydrogen) atoms. The van der Waals surface area contributed by atoms with E-state index < -0.39 is 0 Å². The van der Waals surface area contributed by atoms with E-state index in [2.05, 4.69) is 44.7 Å². The Balaban J connectivity index is 2.60. The number of hydrogen-bond acceptors (Lipinski definition) is 2. The summed E-state index contributed by atoms with van der Waals surface area (Å²) >= 11 is 0. The molecule has 0 bridgehead atoms. The lowest BCUT2D eigenvalue weighted by Crippen LogP contribution is -2.42. The van der Waals surface area contributed by atoms with Gasteiger partial charge in [0.05, 0.1) is 12.6 Å². The van der Waals surface area contributed by atoms with Crippen LogP contribution in [-0.2, 0) is 4.79 Å². The largest absolute Gasteiger partial charge is 0.338 e. The third kappa shape index (κ3) is 5.80. The molecule has 1 rings (SSSR count). The van der Waals surface area contributed by atoms with Crippen LogP contribution >= 0.6 is 0 Å². The minimum Gasteiger partial charge on any atom is -0.338 e. The Bertz CT molecular complexity index is 430. The van der Waals surface area contributed by atoms with Crippen LogP contribution < -0.4 is 0 Å². The molecule has 3 heteroatoms. The fourth-order valence-electron chi connectivity index (χ4n) is 2.54. The zero-order valence-electron chi connectivity index (χ0n) is 14.9. The van der Waals surface area contributed by atoms with Gasteiger partial charge in [-0.1, -0.05) is 50.1 Å². The van der Waals surface area contributed by atoms with E-state index in [0.29, 0.717) is 12.6 Å². The Morgan fingerprint density at radius 3 is 2.27 bits per heavy atom. The van der Waals surface area contributed by atoms with E-state index in [4.69, 9.17) is 0 Å². The second-order valence-corrected chi connectivity index (χ2v) is 6.36. The maximum Gasteiger partial charge on any atom is 0.237 e. The topological polar surface area (TPSA) is 23.6 Å². The van der Waals surface area contributed by atoms with Crippen molar-refractivity contribution in [2.24, 2.45) is 0 Å². The Labute approximate surface area is 136 Å². The highest BCUT2D eigenvalue weighted by atomic mass is 16.2. The molecule has 0 aliphatic heterocycles. The molecule has 1 atom stereocenters. The molecular formula is C19H32N2O. The summed E-state index contributed by atoms with van der Waals surface area (Å²) in [6.07, 6.45) is 3.61. The van der Waals surface area contributed by atoms with Crippen LogP contribution in [0.25, 0.3) is 0 Å². The highest BCUT2D eigenvalue weighted by Gasteiger charge is 2.20. The third-order valence-corrected chi connectivity index (χ3v) is 4.37. The molecule has 0 aliphatic rings. The van der Waals surface area contributed by atoms with Gasteiger partial charge in [-0.25, -0.2) is 0 Å². The SMILES string of the molecule is CCCCCN(CC(=O)N(C)C(C)c1ccccc1)C(C)C. The van der Waals surface area contributed by atoms with E-state index in [1.54, 1.807) is 0 Å². The molecule has 0 radical (unpaired) electrons. The second-order valence-electron chi connectivity index (χ2n) is 6.36. The van der Waals surface area contributed by atoms with Gasteiger partial charge in [0, 0.05) is 13.1 Å². The number of rotatable bonds is 9. The Morgan fingerprint density at radius 1 is 1.09 bits per heavy atom. The van der Waals surface area contributed by atoms with E-state index in [1.165, 1.54) is 24.8 Å². The molecule has 0 aromatic heterocycles. The normalized spacial score (nSPS) is 12.7. The van der Waals surface area contributed by atoms with Crippen LogP contribution in [0.2, 0.25) is 0 Å². The van der Waals surface area contributed by atoms with Crippen molar-refractivity contribution in [1.82, 2.24) is 9.80 Å². The van der Waals surface area contributed by atoms with Gasteiger partial charge in [-0.3, -0.25) is 9.69 Å². The summed E-state index contributed by atoms with van der Waals surface area (Å²) in [7, 11) is 1.91. The number of hydrogen-bond donors (Lipinski definition) is 0. The smallest absolute Gasteiger partial charge is 0.237 e. The van der Waals surface area contributed by atoms with Crippen LogP contribution in [0.3, 0.4) is 0 Å². The van der Waals surface area contributed by atoms with Crippen molar-refractivity contribution in [1.29, 1.82) is 0 Å². The highest BCUT2D eigenvalue weighted by Crippen LogP contribution is 2.18.